The quantitative estimate of drug-likeness (QED) is 0.858. The van der Waals surface area contributed by atoms with Crippen molar-refractivity contribution in [1.29, 1.82) is 5.26 Å². The summed E-state index contributed by atoms with van der Waals surface area (Å²) in [5, 5.41) is 9.40. The number of ether oxygens (including phenoxy) is 2. The summed E-state index contributed by atoms with van der Waals surface area (Å²) in [5.41, 5.74) is 6.93. The summed E-state index contributed by atoms with van der Waals surface area (Å²) < 4.78 is 10.6. The van der Waals surface area contributed by atoms with E-state index in [2.05, 4.69) is 4.98 Å². The van der Waals surface area contributed by atoms with Gasteiger partial charge >= 0.3 is 5.97 Å². The van der Waals surface area contributed by atoms with Crippen LogP contribution in [-0.2, 0) is 14.3 Å². The lowest BCUT2D eigenvalue weighted by molar-refractivity contribution is -0.143. The second kappa shape index (κ2) is 6.31. The van der Waals surface area contributed by atoms with Crippen molar-refractivity contribution in [2.24, 2.45) is 5.73 Å². The molecule has 0 aliphatic carbocycles. The molecule has 0 bridgehead atoms. The minimum Gasteiger partial charge on any atom is -0.459 e. The highest BCUT2D eigenvalue weighted by atomic mass is 16.5. The average molecular weight is 299 g/mol. The van der Waals surface area contributed by atoms with Crippen LogP contribution in [0.3, 0.4) is 0 Å². The van der Waals surface area contributed by atoms with E-state index in [1.165, 1.54) is 0 Å². The fourth-order valence-corrected chi connectivity index (χ4v) is 2.30. The molecule has 0 unspecified atom stereocenters. The number of carbonyl (C=O) groups is 1. The molecule has 1 aliphatic rings. The summed E-state index contributed by atoms with van der Waals surface area (Å²) >= 11 is 0. The molecule has 2 rings (SSSR count). The second-order valence-electron chi connectivity index (χ2n) is 5.14. The largest absolute Gasteiger partial charge is 0.459 e. The van der Waals surface area contributed by atoms with Crippen LogP contribution in [0.2, 0.25) is 0 Å². The molecule has 0 fully saturated rings. The third-order valence-electron chi connectivity index (χ3n) is 3.19. The molecule has 0 aromatic carbocycles. The minimum absolute atomic E-state index is 0.00468. The first-order valence-corrected chi connectivity index (χ1v) is 6.85. The van der Waals surface area contributed by atoms with Crippen LogP contribution in [0.1, 0.15) is 32.3 Å². The van der Waals surface area contributed by atoms with Crippen molar-refractivity contribution in [3.63, 3.8) is 0 Å². The average Bonchev–Trinajstić information content (AvgIpc) is 2.46. The number of pyridine rings is 1. The molecule has 0 amide bonds. The van der Waals surface area contributed by atoms with E-state index in [-0.39, 0.29) is 23.1 Å². The van der Waals surface area contributed by atoms with Gasteiger partial charge in [-0.15, -0.1) is 0 Å². The molecule has 0 spiro atoms. The van der Waals surface area contributed by atoms with Gasteiger partial charge in [0.25, 0.3) is 0 Å². The topological polar surface area (TPSA) is 98.2 Å². The second-order valence-corrected chi connectivity index (χ2v) is 5.14. The van der Waals surface area contributed by atoms with E-state index in [0.717, 1.165) is 0 Å². The van der Waals surface area contributed by atoms with E-state index in [9.17, 15) is 10.1 Å². The zero-order chi connectivity index (χ0) is 16.3. The summed E-state index contributed by atoms with van der Waals surface area (Å²) in [5.74, 6) is -0.841. The standard InChI is InChI=1S/C16H17N3O3/c1-9(2)21-16(20)13-10(3)22-15(18)12(7-17)14(13)11-5-4-6-19-8-11/h4-6,8-9,14H,18H2,1-3H3/t14-/m1/s1. The molecule has 0 saturated carbocycles. The fraction of sp³-hybridized carbons (Fsp3) is 0.312. The van der Waals surface area contributed by atoms with Crippen LogP contribution in [0.5, 0.6) is 0 Å². The Kier molecular flexibility index (Phi) is 4.47. The van der Waals surface area contributed by atoms with Gasteiger partial charge in [-0.3, -0.25) is 4.98 Å². The molecule has 22 heavy (non-hydrogen) atoms. The predicted octanol–water partition coefficient (Wildman–Crippen LogP) is 2.11. The van der Waals surface area contributed by atoms with Crippen LogP contribution < -0.4 is 5.73 Å². The highest BCUT2D eigenvalue weighted by Gasteiger charge is 2.36. The molecule has 0 radical (unpaired) electrons. The number of hydrogen-bond donors (Lipinski definition) is 1. The molecular weight excluding hydrogens is 282 g/mol. The van der Waals surface area contributed by atoms with Gasteiger partial charge in [0.05, 0.1) is 17.6 Å². The lowest BCUT2D eigenvalue weighted by atomic mass is 9.84. The van der Waals surface area contributed by atoms with Gasteiger partial charge in [-0.1, -0.05) is 6.07 Å². The van der Waals surface area contributed by atoms with Crippen LogP contribution in [-0.4, -0.2) is 17.1 Å². The molecule has 114 valence electrons. The maximum atomic E-state index is 12.4. The Bertz CT molecular complexity index is 684. The number of nitrogens with two attached hydrogens (primary N) is 1. The van der Waals surface area contributed by atoms with Crippen molar-refractivity contribution in [2.75, 3.05) is 0 Å². The van der Waals surface area contributed by atoms with Crippen LogP contribution in [0, 0.1) is 11.3 Å². The number of allylic oxidation sites excluding steroid dienone is 2. The number of nitrogens with zero attached hydrogens (tertiary/aromatic N) is 2. The first-order valence-electron chi connectivity index (χ1n) is 6.85. The smallest absolute Gasteiger partial charge is 0.338 e. The van der Waals surface area contributed by atoms with Gasteiger partial charge in [-0.2, -0.15) is 5.26 Å². The van der Waals surface area contributed by atoms with Crippen LogP contribution in [0.15, 0.2) is 47.3 Å². The number of aromatic nitrogens is 1. The minimum atomic E-state index is -0.640. The highest BCUT2D eigenvalue weighted by molar-refractivity contribution is 5.92. The summed E-state index contributed by atoms with van der Waals surface area (Å²) in [6, 6.07) is 5.54. The first-order chi connectivity index (χ1) is 10.5. The molecule has 6 heteroatoms. The van der Waals surface area contributed by atoms with E-state index in [1.54, 1.807) is 45.3 Å². The van der Waals surface area contributed by atoms with Gasteiger partial charge in [-0.25, -0.2) is 4.79 Å². The highest BCUT2D eigenvalue weighted by Crippen LogP contribution is 2.39. The van der Waals surface area contributed by atoms with E-state index in [4.69, 9.17) is 15.2 Å². The fourth-order valence-electron chi connectivity index (χ4n) is 2.30. The van der Waals surface area contributed by atoms with Gasteiger partial charge in [0.1, 0.15) is 17.4 Å². The van der Waals surface area contributed by atoms with E-state index >= 15 is 0 Å². The summed E-state index contributed by atoms with van der Waals surface area (Å²) in [6.07, 6.45) is 2.93. The lowest BCUT2D eigenvalue weighted by Gasteiger charge is -2.27. The van der Waals surface area contributed by atoms with Crippen LogP contribution >= 0.6 is 0 Å². The lowest BCUT2D eigenvalue weighted by Crippen LogP contribution is -2.26. The number of carbonyl (C=O) groups excluding carboxylic acids is 1. The Hall–Kier alpha value is -2.81. The number of rotatable bonds is 3. The molecular formula is C16H17N3O3. The maximum Gasteiger partial charge on any atom is 0.338 e. The van der Waals surface area contributed by atoms with Crippen molar-refractivity contribution in [2.45, 2.75) is 32.8 Å². The third kappa shape index (κ3) is 2.93. The Balaban J connectivity index is 2.56. The molecule has 1 atom stereocenters. The van der Waals surface area contributed by atoms with Gasteiger partial charge in [-0.05, 0) is 32.4 Å². The Morgan fingerprint density at radius 1 is 1.55 bits per heavy atom. The van der Waals surface area contributed by atoms with Gasteiger partial charge in [0.15, 0.2) is 0 Å². The van der Waals surface area contributed by atoms with E-state index < -0.39 is 11.9 Å². The Morgan fingerprint density at radius 3 is 2.82 bits per heavy atom. The monoisotopic (exact) mass is 299 g/mol. The maximum absolute atomic E-state index is 12.4. The van der Waals surface area contributed by atoms with Crippen molar-refractivity contribution < 1.29 is 14.3 Å². The van der Waals surface area contributed by atoms with Gasteiger partial charge in [0.2, 0.25) is 5.88 Å². The molecule has 2 heterocycles. The number of esters is 1. The molecule has 1 aliphatic heterocycles. The Morgan fingerprint density at radius 2 is 2.27 bits per heavy atom. The zero-order valence-corrected chi connectivity index (χ0v) is 12.7. The van der Waals surface area contributed by atoms with E-state index in [1.807, 2.05) is 6.07 Å². The summed E-state index contributed by atoms with van der Waals surface area (Å²) in [7, 11) is 0. The first kappa shape index (κ1) is 15.6. The number of nitriles is 1. The van der Waals surface area contributed by atoms with E-state index in [0.29, 0.717) is 11.3 Å². The predicted molar refractivity (Wildman–Crippen MR) is 78.8 cm³/mol. The van der Waals surface area contributed by atoms with Gasteiger partial charge in [0, 0.05) is 12.4 Å². The SMILES string of the molecule is CC1=C(C(=O)OC(C)C)[C@H](c2cccnc2)C(C#N)=C(N)O1. The molecule has 6 nitrogen and oxygen atoms in total. The molecule has 2 N–H and O–H groups in total. The molecule has 1 aromatic rings. The van der Waals surface area contributed by atoms with Crippen molar-refractivity contribution in [1.82, 2.24) is 4.98 Å². The molecule has 0 saturated heterocycles. The van der Waals surface area contributed by atoms with Crippen molar-refractivity contribution >= 4 is 5.97 Å². The number of hydrogen-bond acceptors (Lipinski definition) is 6. The normalized spacial score (nSPS) is 18.0. The van der Waals surface area contributed by atoms with Crippen molar-refractivity contribution in [3.05, 3.63) is 52.9 Å². The Labute approximate surface area is 128 Å². The summed E-state index contributed by atoms with van der Waals surface area (Å²) in [4.78, 5) is 16.5. The third-order valence-corrected chi connectivity index (χ3v) is 3.19. The van der Waals surface area contributed by atoms with Crippen LogP contribution in [0.4, 0.5) is 0 Å². The van der Waals surface area contributed by atoms with Gasteiger partial charge < -0.3 is 15.2 Å². The summed E-state index contributed by atoms with van der Waals surface area (Å²) in [6.45, 7) is 5.14. The molecule has 1 aromatic heterocycles. The zero-order valence-electron chi connectivity index (χ0n) is 12.7. The van der Waals surface area contributed by atoms with Crippen LogP contribution in [0.25, 0.3) is 0 Å². The van der Waals surface area contributed by atoms with Crippen molar-refractivity contribution in [3.8, 4) is 6.07 Å².